The molecule has 0 radical (unpaired) electrons. The van der Waals surface area contributed by atoms with Crippen LogP contribution >= 0.6 is 12.2 Å². The Kier molecular flexibility index (Phi) is 6.34. The number of rotatable bonds is 7. The molecular formula is C24H29N5OS. The third-order valence-electron chi connectivity index (χ3n) is 5.86. The highest BCUT2D eigenvalue weighted by Crippen LogP contribution is 2.41. The summed E-state index contributed by atoms with van der Waals surface area (Å²) in [7, 11) is 1.73. The van der Waals surface area contributed by atoms with Crippen molar-refractivity contribution in [3.05, 3.63) is 77.0 Å². The van der Waals surface area contributed by atoms with Gasteiger partial charge in [0.2, 0.25) is 0 Å². The molecule has 7 heteroatoms. The molecule has 162 valence electrons. The summed E-state index contributed by atoms with van der Waals surface area (Å²) in [4.78, 5) is 11.6. The zero-order chi connectivity index (χ0) is 22.0. The van der Waals surface area contributed by atoms with E-state index in [-0.39, 0.29) is 12.1 Å². The minimum atomic E-state index is -0.0174. The molecule has 0 bridgehead atoms. The van der Waals surface area contributed by atoms with E-state index in [0.717, 1.165) is 40.8 Å². The van der Waals surface area contributed by atoms with Gasteiger partial charge in [-0.05, 0) is 74.8 Å². The van der Waals surface area contributed by atoms with Gasteiger partial charge in [0.25, 0.3) is 0 Å². The average Bonchev–Trinajstić information content (AvgIpc) is 3.25. The van der Waals surface area contributed by atoms with Crippen LogP contribution in [0.25, 0.3) is 5.82 Å². The van der Waals surface area contributed by atoms with Crippen molar-refractivity contribution < 1.29 is 4.74 Å². The van der Waals surface area contributed by atoms with E-state index in [0.29, 0.717) is 6.61 Å². The molecule has 6 nitrogen and oxygen atoms in total. The number of aromatic nitrogens is 3. The first-order valence-electron chi connectivity index (χ1n) is 10.6. The SMILES string of the molecule is COCCCN1C(=S)NC(c2ccccn2)C1c1cc(C)n(-c2ccc(C)cn2)c1C. The molecule has 4 rings (SSSR count). The third-order valence-corrected chi connectivity index (χ3v) is 6.21. The number of hydrogen-bond acceptors (Lipinski definition) is 4. The number of pyridine rings is 2. The number of hydrogen-bond donors (Lipinski definition) is 1. The lowest BCUT2D eigenvalue weighted by Crippen LogP contribution is -2.31. The largest absolute Gasteiger partial charge is 0.385 e. The lowest BCUT2D eigenvalue weighted by Gasteiger charge is -2.28. The van der Waals surface area contributed by atoms with Gasteiger partial charge in [0.15, 0.2) is 5.11 Å². The Labute approximate surface area is 189 Å². The van der Waals surface area contributed by atoms with E-state index in [1.54, 1.807) is 7.11 Å². The van der Waals surface area contributed by atoms with E-state index >= 15 is 0 Å². The fourth-order valence-electron chi connectivity index (χ4n) is 4.40. The van der Waals surface area contributed by atoms with E-state index in [1.165, 1.54) is 11.3 Å². The van der Waals surface area contributed by atoms with E-state index in [9.17, 15) is 0 Å². The highest BCUT2D eigenvalue weighted by molar-refractivity contribution is 7.80. The zero-order valence-corrected chi connectivity index (χ0v) is 19.3. The van der Waals surface area contributed by atoms with Crippen LogP contribution in [0.3, 0.4) is 0 Å². The molecule has 2 unspecified atom stereocenters. The number of nitrogens with one attached hydrogen (secondary N) is 1. The second kappa shape index (κ2) is 9.16. The molecule has 0 saturated carbocycles. The van der Waals surface area contributed by atoms with Crippen molar-refractivity contribution in [1.82, 2.24) is 24.8 Å². The molecule has 2 atom stereocenters. The normalized spacial score (nSPS) is 18.5. The summed E-state index contributed by atoms with van der Waals surface area (Å²) in [6.07, 6.45) is 4.65. The van der Waals surface area contributed by atoms with E-state index < -0.39 is 0 Å². The molecule has 0 amide bonds. The number of aryl methyl sites for hydroxylation is 2. The molecule has 1 aliphatic heterocycles. The fourth-order valence-corrected chi connectivity index (χ4v) is 4.73. The maximum atomic E-state index is 5.76. The Morgan fingerprint density at radius 2 is 1.97 bits per heavy atom. The smallest absolute Gasteiger partial charge is 0.170 e. The lowest BCUT2D eigenvalue weighted by molar-refractivity contribution is 0.180. The van der Waals surface area contributed by atoms with Gasteiger partial charge >= 0.3 is 0 Å². The predicted octanol–water partition coefficient (Wildman–Crippen LogP) is 4.20. The van der Waals surface area contributed by atoms with Crippen LogP contribution in [0.15, 0.2) is 48.8 Å². The Morgan fingerprint density at radius 1 is 1.13 bits per heavy atom. The topological polar surface area (TPSA) is 55.2 Å². The van der Waals surface area contributed by atoms with E-state index in [4.69, 9.17) is 17.0 Å². The summed E-state index contributed by atoms with van der Waals surface area (Å²) in [5.41, 5.74) is 5.69. The Bertz CT molecular complexity index is 1050. The highest BCUT2D eigenvalue weighted by Gasteiger charge is 2.41. The summed E-state index contributed by atoms with van der Waals surface area (Å²) < 4.78 is 7.51. The third kappa shape index (κ3) is 4.20. The maximum absolute atomic E-state index is 5.76. The number of thiocarbonyl (C=S) groups is 1. The molecule has 1 N–H and O–H groups in total. The van der Waals surface area contributed by atoms with Crippen LogP contribution in [-0.2, 0) is 4.74 Å². The van der Waals surface area contributed by atoms with Gasteiger partial charge < -0.3 is 19.5 Å². The minimum absolute atomic E-state index is 0.0174. The van der Waals surface area contributed by atoms with Crippen LogP contribution in [0.5, 0.6) is 0 Å². The molecule has 1 fully saturated rings. The van der Waals surface area contributed by atoms with Gasteiger partial charge in [0, 0.05) is 44.0 Å². The summed E-state index contributed by atoms with van der Waals surface area (Å²) >= 11 is 5.76. The summed E-state index contributed by atoms with van der Waals surface area (Å²) in [6.45, 7) is 7.86. The standard InChI is InChI=1S/C24H29N5OS/c1-16-9-10-21(26-15-16)29-17(2)14-19(18(29)3)23-22(20-8-5-6-11-25-20)27-24(31)28(23)12-7-13-30-4/h5-6,8-11,14-15,22-23H,7,12-13H2,1-4H3,(H,27,31). The summed E-state index contributed by atoms with van der Waals surface area (Å²) in [5, 5.41) is 4.29. The molecule has 0 aliphatic carbocycles. The van der Waals surface area contributed by atoms with Crippen molar-refractivity contribution >= 4 is 17.3 Å². The van der Waals surface area contributed by atoms with E-state index in [1.807, 2.05) is 24.5 Å². The van der Waals surface area contributed by atoms with Gasteiger partial charge in [-0.1, -0.05) is 12.1 Å². The van der Waals surface area contributed by atoms with Crippen molar-refractivity contribution in [3.8, 4) is 5.82 Å². The molecule has 3 aromatic heterocycles. The van der Waals surface area contributed by atoms with Crippen molar-refractivity contribution in [2.75, 3.05) is 20.3 Å². The second-order valence-corrected chi connectivity index (χ2v) is 8.41. The summed E-state index contributed by atoms with van der Waals surface area (Å²) in [5.74, 6) is 0.931. The van der Waals surface area contributed by atoms with Crippen LogP contribution in [0.1, 0.15) is 46.7 Å². The van der Waals surface area contributed by atoms with Gasteiger partial charge in [-0.2, -0.15) is 0 Å². The molecular weight excluding hydrogens is 406 g/mol. The summed E-state index contributed by atoms with van der Waals surface area (Å²) in [6, 6.07) is 12.5. The maximum Gasteiger partial charge on any atom is 0.170 e. The van der Waals surface area contributed by atoms with Gasteiger partial charge in [0.05, 0.1) is 17.8 Å². The number of methoxy groups -OCH3 is 1. The van der Waals surface area contributed by atoms with Crippen LogP contribution in [-0.4, -0.2) is 44.8 Å². The molecule has 4 heterocycles. The van der Waals surface area contributed by atoms with Gasteiger partial charge in [0.1, 0.15) is 5.82 Å². The predicted molar refractivity (Wildman–Crippen MR) is 126 cm³/mol. The van der Waals surface area contributed by atoms with Gasteiger partial charge in [-0.25, -0.2) is 4.98 Å². The van der Waals surface area contributed by atoms with Gasteiger partial charge in [-0.15, -0.1) is 0 Å². The Hall–Kier alpha value is -2.77. The van der Waals surface area contributed by atoms with Crippen molar-refractivity contribution in [3.63, 3.8) is 0 Å². The Morgan fingerprint density at radius 3 is 2.65 bits per heavy atom. The van der Waals surface area contributed by atoms with E-state index in [2.05, 4.69) is 69.8 Å². The first-order chi connectivity index (χ1) is 15.0. The number of ether oxygens (including phenoxy) is 1. The first-order valence-corrected chi connectivity index (χ1v) is 11.0. The fraction of sp³-hybridized carbons (Fsp3) is 0.375. The van der Waals surface area contributed by atoms with Crippen LogP contribution < -0.4 is 5.32 Å². The van der Waals surface area contributed by atoms with Crippen LogP contribution in [0.2, 0.25) is 0 Å². The number of nitrogens with zero attached hydrogens (tertiary/aromatic N) is 4. The first kappa shape index (κ1) is 21.5. The molecule has 1 aliphatic rings. The van der Waals surface area contributed by atoms with Crippen LogP contribution in [0, 0.1) is 20.8 Å². The quantitative estimate of drug-likeness (QED) is 0.443. The van der Waals surface area contributed by atoms with Gasteiger partial charge in [-0.3, -0.25) is 4.98 Å². The van der Waals surface area contributed by atoms with Crippen molar-refractivity contribution in [1.29, 1.82) is 0 Å². The monoisotopic (exact) mass is 435 g/mol. The molecule has 3 aromatic rings. The lowest BCUT2D eigenvalue weighted by atomic mass is 9.96. The molecule has 0 spiro atoms. The second-order valence-electron chi connectivity index (χ2n) is 8.02. The molecule has 0 aromatic carbocycles. The molecule has 31 heavy (non-hydrogen) atoms. The minimum Gasteiger partial charge on any atom is -0.385 e. The zero-order valence-electron chi connectivity index (χ0n) is 18.5. The molecule has 1 saturated heterocycles. The average molecular weight is 436 g/mol. The van der Waals surface area contributed by atoms with Crippen molar-refractivity contribution in [2.24, 2.45) is 0 Å². The van der Waals surface area contributed by atoms with Crippen LogP contribution in [0.4, 0.5) is 0 Å². The Balaban J connectivity index is 1.78. The van der Waals surface area contributed by atoms with Crippen molar-refractivity contribution in [2.45, 2.75) is 39.3 Å². The highest BCUT2D eigenvalue weighted by atomic mass is 32.1.